The Morgan fingerprint density at radius 1 is 1.16 bits per heavy atom. The lowest BCUT2D eigenvalue weighted by atomic mass is 9.64. The van der Waals surface area contributed by atoms with Crippen LogP contribution < -0.4 is 26.8 Å². The minimum atomic E-state index is -4.53. The summed E-state index contributed by atoms with van der Waals surface area (Å²) in [4.78, 5) is 17.3. The van der Waals surface area contributed by atoms with Crippen LogP contribution in [0.4, 0.5) is 17.6 Å². The van der Waals surface area contributed by atoms with Crippen LogP contribution in [0, 0.1) is 11.3 Å². The molecule has 13 heteroatoms. The highest BCUT2D eigenvalue weighted by Gasteiger charge is 2.50. The van der Waals surface area contributed by atoms with Gasteiger partial charge in [-0.05, 0) is 51.5 Å². The van der Waals surface area contributed by atoms with Crippen molar-refractivity contribution in [3.8, 4) is 0 Å². The molecule has 4 aliphatic heterocycles. The summed E-state index contributed by atoms with van der Waals surface area (Å²) in [5.74, 6) is 0.00746. The van der Waals surface area contributed by atoms with Gasteiger partial charge in [-0.25, -0.2) is 15.2 Å². The highest BCUT2D eigenvalue weighted by atomic mass is 19.4. The van der Waals surface area contributed by atoms with Crippen molar-refractivity contribution in [3.63, 3.8) is 0 Å². The molecule has 0 radical (unpaired) electrons. The van der Waals surface area contributed by atoms with Gasteiger partial charge < -0.3 is 10.1 Å². The third-order valence-electron chi connectivity index (χ3n) is 9.02. The Morgan fingerprint density at radius 2 is 1.97 bits per heavy atom. The highest BCUT2D eigenvalue weighted by Crippen LogP contribution is 2.47. The highest BCUT2D eigenvalue weighted by molar-refractivity contribution is 5.82. The molecule has 5 rings (SSSR count). The Hall–Kier alpha value is -1.09. The first kappa shape index (κ1) is 27.5. The number of carbonyl (C=O) groups is 1. The number of hydrogen-bond donors (Lipinski definition) is 5. The van der Waals surface area contributed by atoms with Gasteiger partial charge in [-0.2, -0.15) is 13.2 Å². The molecule has 4 heterocycles. The van der Waals surface area contributed by atoms with Crippen molar-refractivity contribution in [3.05, 3.63) is 0 Å². The van der Waals surface area contributed by atoms with Crippen molar-refractivity contribution in [1.82, 2.24) is 36.6 Å². The maximum absolute atomic E-state index is 13.7. The molecule has 0 bridgehead atoms. The minimum absolute atomic E-state index is 0.0465. The van der Waals surface area contributed by atoms with Crippen molar-refractivity contribution >= 4 is 5.91 Å². The van der Waals surface area contributed by atoms with E-state index in [4.69, 9.17) is 4.74 Å². The molecule has 5 N–H and O–H groups in total. The topological polar surface area (TPSA) is 92.9 Å². The normalized spacial score (nSPS) is 39.4. The molecule has 0 aromatic heterocycles. The average Bonchev–Trinajstić information content (AvgIpc) is 3.42. The quantitative estimate of drug-likeness (QED) is 0.304. The number of ether oxygens (including phenoxy) is 1. The van der Waals surface area contributed by atoms with E-state index in [1.54, 1.807) is 0 Å². The lowest BCUT2D eigenvalue weighted by Crippen LogP contribution is -2.68. The van der Waals surface area contributed by atoms with Crippen LogP contribution >= 0.6 is 0 Å². The lowest BCUT2D eigenvalue weighted by molar-refractivity contribution is -0.174. The molecule has 1 aliphatic carbocycles. The van der Waals surface area contributed by atoms with Crippen molar-refractivity contribution in [2.24, 2.45) is 11.3 Å². The van der Waals surface area contributed by atoms with E-state index in [1.807, 2.05) is 4.90 Å². The maximum Gasteiger partial charge on any atom is 0.417 e. The molecule has 1 saturated carbocycles. The molecule has 0 aromatic rings. The van der Waals surface area contributed by atoms with E-state index >= 15 is 0 Å². The second-order valence-electron chi connectivity index (χ2n) is 11.8. The number of hydrogen-bond acceptors (Lipinski definition) is 8. The maximum atomic E-state index is 13.7. The van der Waals surface area contributed by atoms with Crippen LogP contribution in [0.25, 0.3) is 0 Å². The van der Waals surface area contributed by atoms with Gasteiger partial charge in [-0.1, -0.05) is 6.42 Å². The van der Waals surface area contributed by atoms with Gasteiger partial charge in [0.1, 0.15) is 6.17 Å². The molecular formula is C24H41F4N7O2. The standard InChI is InChI=1S/C24H41F4N7O2/c1-34-14-29-33-20(34)9-23(12-37-13-23)15-3-2-4-17(7-15)30-21(36)19-8-18(11-35-6-5-16(25)10-35)31-22(32-19)24(26,27)28/h15-20,22,29,31-33H,2-14H2,1H3,(H,30,36)/t15?,16-,17?,18?,19?,20?,22?/m0/s1. The summed E-state index contributed by atoms with van der Waals surface area (Å²) in [6, 6.07) is -1.57. The number of halogens is 4. The van der Waals surface area contributed by atoms with Crippen LogP contribution in [0.3, 0.4) is 0 Å². The first-order valence-electron chi connectivity index (χ1n) is 13.6. The summed E-state index contributed by atoms with van der Waals surface area (Å²) >= 11 is 0. The summed E-state index contributed by atoms with van der Waals surface area (Å²) in [5, 5.41) is 8.16. The predicted octanol–water partition coefficient (Wildman–Crippen LogP) is 0.644. The predicted molar refractivity (Wildman–Crippen MR) is 129 cm³/mol. The molecule has 5 aliphatic rings. The molecule has 0 aromatic carbocycles. The van der Waals surface area contributed by atoms with Gasteiger partial charge in [0.05, 0.1) is 32.1 Å². The van der Waals surface area contributed by atoms with Gasteiger partial charge in [0.25, 0.3) is 0 Å². The smallest absolute Gasteiger partial charge is 0.380 e. The van der Waals surface area contributed by atoms with Crippen LogP contribution in [-0.4, -0.2) is 105 Å². The van der Waals surface area contributed by atoms with Gasteiger partial charge in [0, 0.05) is 37.1 Å². The Balaban J connectivity index is 1.19. The zero-order valence-electron chi connectivity index (χ0n) is 21.5. The largest absolute Gasteiger partial charge is 0.417 e. The first-order chi connectivity index (χ1) is 17.6. The van der Waals surface area contributed by atoms with Gasteiger partial charge in [-0.15, -0.1) is 0 Å². The van der Waals surface area contributed by atoms with E-state index in [0.717, 1.165) is 38.8 Å². The van der Waals surface area contributed by atoms with E-state index in [9.17, 15) is 22.4 Å². The Kier molecular flexibility index (Phi) is 8.31. The van der Waals surface area contributed by atoms with E-state index in [-0.39, 0.29) is 36.5 Å². The number of likely N-dealkylation sites (tertiary alicyclic amines) is 1. The number of nitrogens with zero attached hydrogens (tertiary/aromatic N) is 2. The number of amides is 1. The van der Waals surface area contributed by atoms with Gasteiger partial charge >= 0.3 is 6.18 Å². The van der Waals surface area contributed by atoms with Gasteiger partial charge in [-0.3, -0.25) is 25.2 Å². The van der Waals surface area contributed by atoms with Gasteiger partial charge in [0.2, 0.25) is 5.91 Å². The lowest BCUT2D eigenvalue weighted by Gasteiger charge is -2.51. The summed E-state index contributed by atoms with van der Waals surface area (Å²) < 4.78 is 60.2. The first-order valence-corrected chi connectivity index (χ1v) is 13.6. The van der Waals surface area contributed by atoms with Crippen molar-refractivity contribution in [1.29, 1.82) is 0 Å². The van der Waals surface area contributed by atoms with E-state index in [1.165, 1.54) is 0 Å². The van der Waals surface area contributed by atoms with Crippen molar-refractivity contribution in [2.45, 2.75) is 87.8 Å². The van der Waals surface area contributed by atoms with E-state index < -0.39 is 30.6 Å². The number of nitrogens with one attached hydrogen (secondary N) is 5. The number of hydrazine groups is 1. The fourth-order valence-electron chi connectivity index (χ4n) is 6.83. The van der Waals surface area contributed by atoms with Crippen LogP contribution in [0.1, 0.15) is 44.9 Å². The summed E-state index contributed by atoms with van der Waals surface area (Å²) in [6.07, 6.45) is -1.98. The SMILES string of the molecule is CN1CNNC1CC1(C2CCCC(NC(=O)C3CC(CN4CC[C@H](F)C4)NC(C(F)(F)F)N3)C2)COC1. The minimum Gasteiger partial charge on any atom is -0.380 e. The zero-order valence-corrected chi connectivity index (χ0v) is 21.5. The Labute approximate surface area is 215 Å². The van der Waals surface area contributed by atoms with E-state index in [0.29, 0.717) is 38.6 Å². The average molecular weight is 536 g/mol. The molecule has 0 spiro atoms. The fourth-order valence-corrected chi connectivity index (χ4v) is 6.83. The molecule has 5 fully saturated rings. The molecule has 1 amide bonds. The molecular weight excluding hydrogens is 494 g/mol. The van der Waals surface area contributed by atoms with E-state index in [2.05, 4.69) is 38.7 Å². The zero-order chi connectivity index (χ0) is 26.2. The molecule has 4 saturated heterocycles. The fraction of sp³-hybridized carbons (Fsp3) is 0.958. The van der Waals surface area contributed by atoms with Crippen LogP contribution in [0.2, 0.25) is 0 Å². The number of rotatable bonds is 7. The number of carbonyl (C=O) groups excluding carboxylic acids is 1. The van der Waals surface area contributed by atoms with Crippen LogP contribution in [0.15, 0.2) is 0 Å². The van der Waals surface area contributed by atoms with Gasteiger partial charge in [0.15, 0.2) is 6.17 Å². The second-order valence-corrected chi connectivity index (χ2v) is 11.8. The second kappa shape index (κ2) is 11.2. The Bertz CT molecular complexity index is 802. The third kappa shape index (κ3) is 6.39. The summed E-state index contributed by atoms with van der Waals surface area (Å²) in [5.41, 5.74) is 6.54. The van der Waals surface area contributed by atoms with Crippen LogP contribution in [0.5, 0.6) is 0 Å². The van der Waals surface area contributed by atoms with Crippen molar-refractivity contribution in [2.75, 3.05) is 46.6 Å². The number of alkyl halides is 4. The molecule has 7 atom stereocenters. The molecule has 37 heavy (non-hydrogen) atoms. The van der Waals surface area contributed by atoms with Crippen molar-refractivity contribution < 1.29 is 27.1 Å². The Morgan fingerprint density at radius 3 is 2.59 bits per heavy atom. The molecule has 9 nitrogen and oxygen atoms in total. The monoisotopic (exact) mass is 535 g/mol. The third-order valence-corrected chi connectivity index (χ3v) is 9.02. The van der Waals surface area contributed by atoms with Crippen LogP contribution in [-0.2, 0) is 9.53 Å². The summed E-state index contributed by atoms with van der Waals surface area (Å²) in [6.45, 7) is 3.23. The molecule has 212 valence electrons. The molecule has 6 unspecified atom stereocenters. The summed E-state index contributed by atoms with van der Waals surface area (Å²) in [7, 11) is 2.07.